The van der Waals surface area contributed by atoms with Gasteiger partial charge in [-0.05, 0) is 32.2 Å². The zero-order valence-electron chi connectivity index (χ0n) is 19.0. The summed E-state index contributed by atoms with van der Waals surface area (Å²) in [5.41, 5.74) is 0. The molecule has 2 saturated heterocycles. The van der Waals surface area contributed by atoms with Gasteiger partial charge in [-0.3, -0.25) is 9.69 Å². The van der Waals surface area contributed by atoms with Crippen LogP contribution >= 0.6 is 39.1 Å². The second-order valence-corrected chi connectivity index (χ2v) is 7.04. The number of hydrogen-bond donors (Lipinski definition) is 1. The van der Waals surface area contributed by atoms with E-state index in [1.165, 1.54) is 82.5 Å². The Kier molecular flexibility index (Phi) is 62.4. The Morgan fingerprint density at radius 3 is 1.77 bits per heavy atom. The molecule has 0 aromatic carbocycles. The molecule has 0 aliphatic carbocycles. The molecule has 2 rings (SSSR count). The number of rotatable bonds is 8. The van der Waals surface area contributed by atoms with Crippen LogP contribution in [0, 0.1) is 0 Å². The van der Waals surface area contributed by atoms with Crippen molar-refractivity contribution in [2.45, 2.75) is 25.7 Å². The molecular weight excluding hydrogens is 580 g/mol. The predicted molar refractivity (Wildman–Crippen MR) is 123 cm³/mol. The molecule has 2 aliphatic heterocycles. The number of carbonyl (C=O) groups excluding carboxylic acids is 1. The maximum absolute atomic E-state index is 8.64. The van der Waals surface area contributed by atoms with Gasteiger partial charge in [0.15, 0.2) is 0 Å². The summed E-state index contributed by atoms with van der Waals surface area (Å²) in [7, 11) is 0. The van der Waals surface area contributed by atoms with Gasteiger partial charge >= 0.3 is 115 Å². The molecule has 13 heteroatoms. The van der Waals surface area contributed by atoms with Crippen molar-refractivity contribution in [1.82, 2.24) is 10.2 Å². The summed E-state index contributed by atoms with van der Waals surface area (Å²) in [6.07, 6.45) is 4.69. The summed E-state index contributed by atoms with van der Waals surface area (Å²) in [6, 6.07) is 0. The number of nitrogens with one attached hydrogen (secondary N) is 1. The van der Waals surface area contributed by atoms with Gasteiger partial charge in [-0.25, -0.2) is 0 Å². The molecule has 0 aromatic heterocycles. The van der Waals surface area contributed by atoms with E-state index in [1.54, 1.807) is 0 Å². The van der Waals surface area contributed by atoms with Gasteiger partial charge in [0.05, 0.1) is 26.4 Å². The normalized spacial score (nSPS) is 15.1. The number of alkyl halides is 3. The summed E-state index contributed by atoms with van der Waals surface area (Å²) < 4.78 is 10.2. The van der Waals surface area contributed by atoms with E-state index in [1.807, 2.05) is 0 Å². The first-order valence-corrected chi connectivity index (χ1v) is 28.4. The van der Waals surface area contributed by atoms with Crippen LogP contribution in [0.3, 0.4) is 0 Å². The Morgan fingerprint density at radius 1 is 1.00 bits per heavy atom. The summed E-state index contributed by atoms with van der Waals surface area (Å²) in [4.78, 5) is 13.7. The van der Waals surface area contributed by atoms with Crippen LogP contribution in [0.5, 0.6) is 0 Å². The second kappa shape index (κ2) is 44.2. The van der Waals surface area contributed by atoms with Gasteiger partial charge in [0, 0.05) is 43.3 Å². The average molecular weight is 615 g/mol. The van der Waals surface area contributed by atoms with Crippen molar-refractivity contribution in [2.75, 3.05) is 76.2 Å². The molecule has 0 radical (unpaired) electrons. The van der Waals surface area contributed by atoms with Crippen molar-refractivity contribution in [3.8, 4) is 0 Å². The second-order valence-electron chi connectivity index (χ2n) is 5.49. The molecule has 0 spiro atoms. The molecule has 0 unspecified atom stereocenters. The molecular formula is C17H34BrCl2K3N2O5. The minimum atomic E-state index is -0.181. The summed E-state index contributed by atoms with van der Waals surface area (Å²) in [5.74, 6) is 1.59. The molecule has 7 nitrogen and oxygen atoms in total. The van der Waals surface area contributed by atoms with Crippen LogP contribution < -0.4 is 62.0 Å². The molecule has 0 atom stereocenters. The molecule has 2 aliphatic rings. The Labute approximate surface area is 289 Å². The predicted octanol–water partition coefficient (Wildman–Crippen LogP) is -1.98. The van der Waals surface area contributed by atoms with Gasteiger partial charge in [-0.2, -0.15) is 0 Å². The molecule has 30 heavy (non-hydrogen) atoms. The Hall–Kier alpha value is 5.24. The molecule has 0 bridgehead atoms. The molecule has 0 amide bonds. The van der Waals surface area contributed by atoms with Gasteiger partial charge in [0.1, 0.15) is 0 Å². The Bertz CT molecular complexity index is 274. The third-order valence-corrected chi connectivity index (χ3v) is 4.46. The molecule has 0 saturated carbocycles. The molecule has 2 fully saturated rings. The van der Waals surface area contributed by atoms with E-state index in [0.29, 0.717) is 0 Å². The Balaban J connectivity index is -0.000000154. The zero-order chi connectivity index (χ0) is 22.4. The van der Waals surface area contributed by atoms with Gasteiger partial charge in [-0.15, -0.1) is 23.2 Å². The summed E-state index contributed by atoms with van der Waals surface area (Å²) >= 11 is 16.7. The van der Waals surface area contributed by atoms with Crippen LogP contribution in [-0.4, -0.2) is 151 Å². The van der Waals surface area contributed by atoms with Gasteiger partial charge in [0.25, 0.3) is 6.47 Å². The number of nitrogens with zero attached hydrogens (tertiary/aromatic N) is 1. The fraction of sp³-hybridized carbons (Fsp3) is 0.941. The molecule has 166 valence electrons. The molecule has 0 aromatic rings. The number of unbranched alkanes of at least 4 members (excludes halogenated alkanes) is 2. The van der Waals surface area contributed by atoms with Crippen LogP contribution in [0.15, 0.2) is 0 Å². The van der Waals surface area contributed by atoms with Crippen LogP contribution in [-0.2, 0) is 19.2 Å². The topological polar surface area (TPSA) is 83.1 Å². The average Bonchev–Trinajstić information content (AvgIpc) is 2.82. The van der Waals surface area contributed by atoms with E-state index in [4.69, 9.17) is 42.7 Å². The number of carbonyl (C=O) groups is 1. The number of hydrogen-bond acceptors (Lipinski definition) is 7. The number of halogens is 3. The van der Waals surface area contributed by atoms with Crippen LogP contribution in [0.1, 0.15) is 25.7 Å². The van der Waals surface area contributed by atoms with Crippen LogP contribution in [0.25, 0.3) is 0 Å². The van der Waals surface area contributed by atoms with Crippen molar-refractivity contribution >= 4 is 109 Å². The molecule has 2 heterocycles. The minimum absolute atomic E-state index is 0. The molecule has 1 N–H and O–H groups in total. The van der Waals surface area contributed by atoms with Crippen molar-refractivity contribution in [2.24, 2.45) is 0 Å². The van der Waals surface area contributed by atoms with E-state index < -0.39 is 0 Å². The monoisotopic (exact) mass is 612 g/mol. The first kappa shape index (κ1) is 42.3. The van der Waals surface area contributed by atoms with Crippen molar-refractivity contribution in [3.63, 3.8) is 0 Å². The van der Waals surface area contributed by atoms with Crippen LogP contribution in [0.4, 0.5) is 0 Å². The number of morpholine rings is 2. The first-order chi connectivity index (χ1) is 14.3. The quantitative estimate of drug-likeness (QED) is 0.0849. The third kappa shape index (κ3) is 43.3. The maximum atomic E-state index is 8.64. The van der Waals surface area contributed by atoms with Gasteiger partial charge < -0.3 is 24.9 Å². The zero-order valence-corrected chi connectivity index (χ0v) is 31.5. The van der Waals surface area contributed by atoms with Crippen molar-refractivity contribution < 1.29 is 75.8 Å². The van der Waals surface area contributed by atoms with E-state index >= 15 is 0 Å². The van der Waals surface area contributed by atoms with Gasteiger partial charge in [0.2, 0.25) is 0 Å². The number of ether oxygens (including phenoxy) is 2. The van der Waals surface area contributed by atoms with Gasteiger partial charge in [-0.1, -0.05) is 15.9 Å². The fourth-order valence-electron chi connectivity index (χ4n) is 1.96. The van der Waals surface area contributed by atoms with E-state index in [-0.39, 0.29) is 57.9 Å². The third-order valence-electron chi connectivity index (χ3n) is 3.36. The SMILES string of the molecule is C1COCCN1.ClCCCCBr.ClCCCCN1CCOCC1.O=CO[O-].[K+].[K][K]. The van der Waals surface area contributed by atoms with E-state index in [2.05, 4.69) is 31.0 Å². The summed E-state index contributed by atoms with van der Waals surface area (Å²) in [5, 5.41) is 12.7. The van der Waals surface area contributed by atoms with Crippen LogP contribution in [0.2, 0.25) is 0 Å². The standard InChI is InChI=1S/C8H16ClNO.C4H8BrCl.C4H9NO.CH2O3.3K/c9-3-1-2-4-10-5-7-11-8-6-10;5-3-1-2-4-6;1-3-6-4-2-5-1;2-1-4-3;;;/h1-8H2;1-4H2;5H,1-4H2;1,3H;;;/q;;;;;;+1/p-1. The van der Waals surface area contributed by atoms with Crippen molar-refractivity contribution in [3.05, 3.63) is 0 Å². The summed E-state index contributed by atoms with van der Waals surface area (Å²) in [6.45, 7) is 8.85. The van der Waals surface area contributed by atoms with E-state index in [0.717, 1.165) is 82.5 Å². The van der Waals surface area contributed by atoms with Crippen molar-refractivity contribution in [1.29, 1.82) is 0 Å². The first-order valence-electron chi connectivity index (χ1n) is 10.3. The van der Waals surface area contributed by atoms with E-state index in [9.17, 15) is 0 Å². The Morgan fingerprint density at radius 2 is 1.47 bits per heavy atom. The fourth-order valence-corrected chi connectivity index (χ4v) is 2.73.